The van der Waals surface area contributed by atoms with Crippen LogP contribution < -0.4 is 0 Å². The van der Waals surface area contributed by atoms with Crippen LogP contribution in [0, 0.1) is 0 Å². The average molecular weight is 321 g/mol. The zero-order valence-corrected chi connectivity index (χ0v) is 12.7. The summed E-state index contributed by atoms with van der Waals surface area (Å²) >= 11 is 0. The minimum Gasteiger partial charge on any atom is -0.507 e. The van der Waals surface area contributed by atoms with E-state index in [9.17, 15) is 14.7 Å². The Labute approximate surface area is 138 Å². The van der Waals surface area contributed by atoms with Crippen molar-refractivity contribution in [2.24, 2.45) is 0 Å². The van der Waals surface area contributed by atoms with E-state index in [2.05, 4.69) is 0 Å². The number of benzene rings is 2. The van der Waals surface area contributed by atoms with Gasteiger partial charge in [0, 0.05) is 35.3 Å². The molecule has 0 aliphatic carbocycles. The van der Waals surface area contributed by atoms with Gasteiger partial charge in [0.25, 0.3) is 5.78 Å². The van der Waals surface area contributed by atoms with Crippen LogP contribution in [0.2, 0.25) is 0 Å². The van der Waals surface area contributed by atoms with E-state index in [-0.39, 0.29) is 5.76 Å². The molecular formula is C19H15NO4. The third kappa shape index (κ3) is 3.05. The van der Waals surface area contributed by atoms with E-state index < -0.39 is 11.8 Å². The number of aliphatic hydroxyl groups excluding tert-OH is 1. The Kier molecular flexibility index (Phi) is 4.16. The van der Waals surface area contributed by atoms with Crippen molar-refractivity contribution in [2.45, 2.75) is 6.54 Å². The third-order valence-corrected chi connectivity index (χ3v) is 3.74. The molecule has 0 fully saturated rings. The summed E-state index contributed by atoms with van der Waals surface area (Å²) in [5.74, 6) is -3.12. The van der Waals surface area contributed by atoms with E-state index in [4.69, 9.17) is 5.11 Å². The maximum absolute atomic E-state index is 11.3. The number of rotatable bonds is 5. The molecule has 2 aromatic carbocycles. The maximum atomic E-state index is 11.3. The summed E-state index contributed by atoms with van der Waals surface area (Å²) in [7, 11) is 0. The molecule has 1 heterocycles. The van der Waals surface area contributed by atoms with Gasteiger partial charge in [-0.15, -0.1) is 0 Å². The monoisotopic (exact) mass is 321 g/mol. The Morgan fingerprint density at radius 1 is 0.958 bits per heavy atom. The van der Waals surface area contributed by atoms with E-state index in [1.807, 2.05) is 59.2 Å². The first-order valence-corrected chi connectivity index (χ1v) is 7.36. The van der Waals surface area contributed by atoms with Crippen molar-refractivity contribution in [3.63, 3.8) is 0 Å². The summed E-state index contributed by atoms with van der Waals surface area (Å²) in [5, 5.41) is 19.6. The second-order valence-corrected chi connectivity index (χ2v) is 5.37. The van der Waals surface area contributed by atoms with E-state index in [0.717, 1.165) is 22.5 Å². The van der Waals surface area contributed by atoms with Crippen LogP contribution in [-0.4, -0.2) is 26.5 Å². The number of aromatic nitrogens is 1. The maximum Gasteiger partial charge on any atom is 0.376 e. The number of aliphatic carboxylic acids is 1. The molecule has 3 aromatic rings. The van der Waals surface area contributed by atoms with Gasteiger partial charge in [0.05, 0.1) is 0 Å². The van der Waals surface area contributed by atoms with Gasteiger partial charge in [-0.25, -0.2) is 4.79 Å². The molecule has 0 saturated carbocycles. The Hall–Kier alpha value is -3.34. The molecule has 0 saturated heterocycles. The first-order chi connectivity index (χ1) is 11.6. The molecule has 120 valence electrons. The van der Waals surface area contributed by atoms with Gasteiger partial charge in [-0.05, 0) is 11.6 Å². The van der Waals surface area contributed by atoms with Gasteiger partial charge in [-0.3, -0.25) is 4.79 Å². The van der Waals surface area contributed by atoms with E-state index in [1.54, 1.807) is 6.20 Å². The molecule has 5 nitrogen and oxygen atoms in total. The summed E-state index contributed by atoms with van der Waals surface area (Å²) in [6.45, 7) is 0.599. The number of hydrogen-bond acceptors (Lipinski definition) is 3. The molecule has 0 amide bonds. The molecule has 2 N–H and O–H groups in total. The van der Waals surface area contributed by atoms with Crippen molar-refractivity contribution in [3.05, 3.63) is 78.0 Å². The van der Waals surface area contributed by atoms with Gasteiger partial charge >= 0.3 is 5.97 Å². The molecule has 3 rings (SSSR count). The molecule has 0 atom stereocenters. The van der Waals surface area contributed by atoms with Crippen molar-refractivity contribution in [3.8, 4) is 0 Å². The highest BCUT2D eigenvalue weighted by Gasteiger charge is 2.15. The van der Waals surface area contributed by atoms with Gasteiger partial charge in [-0.1, -0.05) is 48.5 Å². The van der Waals surface area contributed by atoms with Gasteiger partial charge in [0.2, 0.25) is 0 Å². The third-order valence-electron chi connectivity index (χ3n) is 3.74. The van der Waals surface area contributed by atoms with Crippen molar-refractivity contribution in [2.75, 3.05) is 0 Å². The van der Waals surface area contributed by atoms with E-state index in [1.165, 1.54) is 0 Å². The number of carbonyl (C=O) groups is 2. The second kappa shape index (κ2) is 6.42. The number of ketones is 1. The predicted octanol–water partition coefficient (Wildman–Crippen LogP) is 3.24. The number of carbonyl (C=O) groups excluding carboxylic acids is 1. The number of nitrogens with zero attached hydrogens (tertiary/aromatic N) is 1. The Balaban J connectivity index is 2.07. The zero-order chi connectivity index (χ0) is 17.1. The first kappa shape index (κ1) is 15.6. The first-order valence-electron chi connectivity index (χ1n) is 7.36. The fraction of sp³-hybridized carbons (Fsp3) is 0.0526. The van der Waals surface area contributed by atoms with Crippen LogP contribution in [0.1, 0.15) is 11.1 Å². The lowest BCUT2D eigenvalue weighted by atomic mass is 10.1. The molecule has 0 bridgehead atoms. The molecule has 24 heavy (non-hydrogen) atoms. The van der Waals surface area contributed by atoms with Crippen molar-refractivity contribution in [1.29, 1.82) is 0 Å². The summed E-state index contributed by atoms with van der Waals surface area (Å²) in [6.07, 6.45) is 2.45. The Morgan fingerprint density at radius 2 is 1.62 bits per heavy atom. The van der Waals surface area contributed by atoms with E-state index >= 15 is 0 Å². The number of carboxylic acid groups (broad SMARTS) is 1. The van der Waals surface area contributed by atoms with E-state index in [0.29, 0.717) is 12.1 Å². The Morgan fingerprint density at radius 3 is 2.33 bits per heavy atom. The number of carboxylic acids is 1. The minimum absolute atomic E-state index is 0.356. The van der Waals surface area contributed by atoms with Crippen LogP contribution >= 0.6 is 0 Å². The predicted molar refractivity (Wildman–Crippen MR) is 90.7 cm³/mol. The number of aliphatic hydroxyl groups is 1. The van der Waals surface area contributed by atoms with Crippen LogP contribution in [-0.2, 0) is 16.1 Å². The fourth-order valence-electron chi connectivity index (χ4n) is 2.63. The largest absolute Gasteiger partial charge is 0.507 e. The lowest BCUT2D eigenvalue weighted by Gasteiger charge is -2.05. The molecule has 0 unspecified atom stereocenters. The zero-order valence-electron chi connectivity index (χ0n) is 12.7. The molecule has 1 aromatic heterocycles. The number of fused-ring (bicyclic) bond motifs is 1. The SMILES string of the molecule is O=C(O)C(=O)C=C(O)c1cn(Cc2ccccc2)c2ccccc12. The van der Waals surface area contributed by atoms with Crippen LogP contribution in [0.25, 0.3) is 16.7 Å². The smallest absolute Gasteiger partial charge is 0.376 e. The van der Waals surface area contributed by atoms with Crippen molar-refractivity contribution in [1.82, 2.24) is 4.57 Å². The normalized spacial score (nSPS) is 11.6. The molecule has 0 radical (unpaired) electrons. The number of para-hydroxylation sites is 1. The highest BCUT2D eigenvalue weighted by Crippen LogP contribution is 2.27. The van der Waals surface area contributed by atoms with Gasteiger partial charge < -0.3 is 14.8 Å². The second-order valence-electron chi connectivity index (χ2n) is 5.37. The Bertz CT molecular complexity index is 938. The van der Waals surface area contributed by atoms with Crippen LogP contribution in [0.4, 0.5) is 0 Å². The van der Waals surface area contributed by atoms with Crippen LogP contribution in [0.5, 0.6) is 0 Å². The van der Waals surface area contributed by atoms with Crippen molar-refractivity contribution >= 4 is 28.4 Å². The standard InChI is InChI=1S/C19H15NO4/c21-17(10-18(22)19(23)24)15-12-20(11-13-6-2-1-3-7-13)16-9-5-4-8-14(15)16/h1-10,12,21H,11H2,(H,23,24). The van der Waals surface area contributed by atoms with Crippen LogP contribution in [0.3, 0.4) is 0 Å². The lowest BCUT2D eigenvalue weighted by Crippen LogP contribution is -2.09. The summed E-state index contributed by atoms with van der Waals surface area (Å²) < 4.78 is 1.95. The highest BCUT2D eigenvalue weighted by molar-refractivity contribution is 6.38. The fourth-order valence-corrected chi connectivity index (χ4v) is 2.63. The summed E-state index contributed by atoms with van der Waals surface area (Å²) in [6, 6.07) is 17.3. The molecule has 0 aliphatic rings. The summed E-state index contributed by atoms with van der Waals surface area (Å²) in [5.41, 5.74) is 2.41. The minimum atomic E-state index is -1.60. The van der Waals surface area contributed by atoms with Gasteiger partial charge in [0.1, 0.15) is 5.76 Å². The molecule has 0 spiro atoms. The van der Waals surface area contributed by atoms with Gasteiger partial charge in [-0.2, -0.15) is 0 Å². The van der Waals surface area contributed by atoms with Crippen molar-refractivity contribution < 1.29 is 19.8 Å². The average Bonchev–Trinajstić information content (AvgIpc) is 2.94. The number of hydrogen-bond donors (Lipinski definition) is 2. The molecule has 0 aliphatic heterocycles. The summed E-state index contributed by atoms with van der Waals surface area (Å²) in [4.78, 5) is 22.0. The van der Waals surface area contributed by atoms with Gasteiger partial charge in [0.15, 0.2) is 0 Å². The molecular weight excluding hydrogens is 306 g/mol. The topological polar surface area (TPSA) is 79.5 Å². The quantitative estimate of drug-likeness (QED) is 0.429. The highest BCUT2D eigenvalue weighted by atomic mass is 16.4. The van der Waals surface area contributed by atoms with Crippen LogP contribution in [0.15, 0.2) is 66.9 Å². The molecule has 5 heteroatoms. The lowest BCUT2D eigenvalue weighted by molar-refractivity contribution is -0.146.